The van der Waals surface area contributed by atoms with Gasteiger partial charge in [0.1, 0.15) is 11.3 Å². The molecule has 0 aliphatic carbocycles. The van der Waals surface area contributed by atoms with Crippen LogP contribution in [0.2, 0.25) is 0 Å². The molecular formula is C10H9ClO4. The summed E-state index contributed by atoms with van der Waals surface area (Å²) >= 11 is 5.53. The van der Waals surface area contributed by atoms with Gasteiger partial charge in [-0.05, 0) is 5.56 Å². The summed E-state index contributed by atoms with van der Waals surface area (Å²) < 4.78 is 0. The number of aliphatic carboxylic acids is 2. The monoisotopic (exact) mass is 228 g/mol. The number of benzene rings is 1. The van der Waals surface area contributed by atoms with Crippen LogP contribution < -0.4 is 0 Å². The number of rotatable bonds is 4. The molecular weight excluding hydrogens is 220 g/mol. The van der Waals surface area contributed by atoms with Crippen molar-refractivity contribution in [2.24, 2.45) is 0 Å². The number of carboxylic acids is 2. The van der Waals surface area contributed by atoms with E-state index in [4.69, 9.17) is 21.8 Å². The Kier molecular flexibility index (Phi) is 3.68. The maximum atomic E-state index is 10.9. The largest absolute Gasteiger partial charge is 0.481 e. The molecule has 0 spiro atoms. The molecule has 2 atom stereocenters. The first kappa shape index (κ1) is 11.5. The number of hydrogen-bond acceptors (Lipinski definition) is 2. The Morgan fingerprint density at radius 3 is 2.00 bits per heavy atom. The third-order valence-corrected chi connectivity index (χ3v) is 2.39. The number of halogens is 1. The summed E-state index contributed by atoms with van der Waals surface area (Å²) in [6, 6.07) is 8.06. The lowest BCUT2D eigenvalue weighted by Gasteiger charge is -2.14. The van der Waals surface area contributed by atoms with Crippen LogP contribution >= 0.6 is 11.6 Å². The fraction of sp³-hybridized carbons (Fsp3) is 0.200. The van der Waals surface area contributed by atoms with Gasteiger partial charge in [0.2, 0.25) is 0 Å². The first-order valence-electron chi connectivity index (χ1n) is 4.18. The predicted octanol–water partition coefficient (Wildman–Crippen LogP) is 1.55. The van der Waals surface area contributed by atoms with E-state index in [0.29, 0.717) is 5.56 Å². The number of hydrogen-bond donors (Lipinski definition) is 2. The molecule has 0 aliphatic rings. The highest BCUT2D eigenvalue weighted by atomic mass is 35.5. The van der Waals surface area contributed by atoms with Gasteiger partial charge in [-0.15, -0.1) is 11.6 Å². The predicted molar refractivity (Wildman–Crippen MR) is 54.1 cm³/mol. The van der Waals surface area contributed by atoms with Crippen molar-refractivity contribution in [3.8, 4) is 0 Å². The Morgan fingerprint density at radius 2 is 1.60 bits per heavy atom. The topological polar surface area (TPSA) is 74.6 Å². The number of carboxylic acid groups (broad SMARTS) is 2. The van der Waals surface area contributed by atoms with Gasteiger partial charge in [-0.3, -0.25) is 9.59 Å². The Balaban J connectivity index is 3.04. The number of alkyl halides is 1. The second kappa shape index (κ2) is 4.79. The Hall–Kier alpha value is -1.55. The molecule has 15 heavy (non-hydrogen) atoms. The van der Waals surface area contributed by atoms with E-state index in [1.165, 1.54) is 12.1 Å². The van der Waals surface area contributed by atoms with Crippen LogP contribution in [-0.4, -0.2) is 27.5 Å². The van der Waals surface area contributed by atoms with E-state index in [9.17, 15) is 9.59 Å². The van der Waals surface area contributed by atoms with Crippen molar-refractivity contribution in [1.29, 1.82) is 0 Å². The lowest BCUT2D eigenvalue weighted by atomic mass is 9.95. The van der Waals surface area contributed by atoms with Crippen molar-refractivity contribution < 1.29 is 19.8 Å². The normalized spacial score (nSPS) is 14.2. The summed E-state index contributed by atoms with van der Waals surface area (Å²) in [5, 5.41) is 16.1. The van der Waals surface area contributed by atoms with Crippen molar-refractivity contribution in [3.05, 3.63) is 35.9 Å². The quantitative estimate of drug-likeness (QED) is 0.767. The number of carbonyl (C=O) groups is 2. The highest BCUT2D eigenvalue weighted by Crippen LogP contribution is 2.24. The van der Waals surface area contributed by atoms with Crippen LogP contribution in [-0.2, 0) is 9.59 Å². The second-order valence-corrected chi connectivity index (χ2v) is 3.44. The summed E-state index contributed by atoms with van der Waals surface area (Å²) in [6.07, 6.45) is 0. The van der Waals surface area contributed by atoms with Crippen molar-refractivity contribution in [3.63, 3.8) is 0 Å². The van der Waals surface area contributed by atoms with E-state index in [1.54, 1.807) is 18.2 Å². The molecule has 5 heteroatoms. The van der Waals surface area contributed by atoms with Crippen LogP contribution in [0.4, 0.5) is 0 Å². The first-order chi connectivity index (χ1) is 7.04. The summed E-state index contributed by atoms with van der Waals surface area (Å²) in [5.41, 5.74) is 0.382. The maximum Gasteiger partial charge on any atom is 0.322 e. The van der Waals surface area contributed by atoms with Gasteiger partial charge >= 0.3 is 11.9 Å². The molecule has 0 bridgehead atoms. The van der Waals surface area contributed by atoms with Gasteiger partial charge in [0.25, 0.3) is 0 Å². The van der Waals surface area contributed by atoms with Crippen molar-refractivity contribution in [2.45, 2.75) is 11.3 Å². The van der Waals surface area contributed by atoms with Crippen LogP contribution in [0.3, 0.4) is 0 Å². The van der Waals surface area contributed by atoms with E-state index in [-0.39, 0.29) is 0 Å². The lowest BCUT2D eigenvalue weighted by Crippen LogP contribution is -2.28. The molecule has 2 N–H and O–H groups in total. The molecule has 0 saturated carbocycles. The molecule has 0 unspecified atom stereocenters. The van der Waals surface area contributed by atoms with Crippen molar-refractivity contribution in [1.82, 2.24) is 0 Å². The molecule has 1 aromatic rings. The molecule has 0 heterocycles. The molecule has 0 fully saturated rings. The van der Waals surface area contributed by atoms with Gasteiger partial charge in [-0.1, -0.05) is 30.3 Å². The maximum absolute atomic E-state index is 10.9. The third kappa shape index (κ3) is 2.70. The Labute approximate surface area is 91.1 Å². The minimum absolute atomic E-state index is 0.382. The molecule has 1 aromatic carbocycles. The standard InChI is InChI=1S/C10H9ClO4/c11-8(10(14)15)7(9(12)13)6-4-2-1-3-5-6/h1-5,7-8H,(H,12,13)(H,14,15)/t7-,8-/m1/s1. The average Bonchev–Trinajstić information content (AvgIpc) is 2.18. The fourth-order valence-corrected chi connectivity index (χ4v) is 1.49. The minimum atomic E-state index is -1.47. The van der Waals surface area contributed by atoms with Gasteiger partial charge in [0.15, 0.2) is 0 Å². The molecule has 4 nitrogen and oxygen atoms in total. The van der Waals surface area contributed by atoms with Crippen molar-refractivity contribution >= 4 is 23.5 Å². The zero-order valence-corrected chi connectivity index (χ0v) is 8.39. The Bertz CT molecular complexity index is 363. The van der Waals surface area contributed by atoms with Gasteiger partial charge < -0.3 is 10.2 Å². The van der Waals surface area contributed by atoms with E-state index < -0.39 is 23.2 Å². The fourth-order valence-electron chi connectivity index (χ4n) is 1.24. The molecule has 0 amide bonds. The highest BCUT2D eigenvalue weighted by Gasteiger charge is 2.33. The molecule has 0 aromatic heterocycles. The molecule has 80 valence electrons. The van der Waals surface area contributed by atoms with E-state index in [2.05, 4.69) is 0 Å². The van der Waals surface area contributed by atoms with Gasteiger partial charge in [0.05, 0.1) is 0 Å². The summed E-state index contributed by atoms with van der Waals surface area (Å²) in [7, 11) is 0. The molecule has 0 saturated heterocycles. The SMILES string of the molecule is O=C(O)[C@H](c1ccccc1)[C@@H](Cl)C(=O)O. The van der Waals surface area contributed by atoms with E-state index in [1.807, 2.05) is 0 Å². The van der Waals surface area contributed by atoms with Crippen LogP contribution in [0, 0.1) is 0 Å². The van der Waals surface area contributed by atoms with Crippen LogP contribution in [0.15, 0.2) is 30.3 Å². The third-order valence-electron chi connectivity index (χ3n) is 1.95. The summed E-state index contributed by atoms with van der Waals surface area (Å²) in [5.74, 6) is -3.82. The van der Waals surface area contributed by atoms with Gasteiger partial charge in [-0.2, -0.15) is 0 Å². The zero-order chi connectivity index (χ0) is 11.4. The zero-order valence-electron chi connectivity index (χ0n) is 7.63. The second-order valence-electron chi connectivity index (χ2n) is 2.97. The van der Waals surface area contributed by atoms with Crippen LogP contribution in [0.5, 0.6) is 0 Å². The first-order valence-corrected chi connectivity index (χ1v) is 4.62. The molecule has 0 aliphatic heterocycles. The van der Waals surface area contributed by atoms with Crippen molar-refractivity contribution in [2.75, 3.05) is 0 Å². The minimum Gasteiger partial charge on any atom is -0.481 e. The molecule has 0 radical (unpaired) electrons. The average molecular weight is 229 g/mol. The van der Waals surface area contributed by atoms with E-state index in [0.717, 1.165) is 0 Å². The summed E-state index contributed by atoms with van der Waals surface area (Å²) in [6.45, 7) is 0. The summed E-state index contributed by atoms with van der Waals surface area (Å²) in [4.78, 5) is 21.5. The van der Waals surface area contributed by atoms with Gasteiger partial charge in [-0.25, -0.2) is 0 Å². The van der Waals surface area contributed by atoms with Gasteiger partial charge in [0, 0.05) is 0 Å². The highest BCUT2D eigenvalue weighted by molar-refractivity contribution is 6.31. The lowest BCUT2D eigenvalue weighted by molar-refractivity contribution is -0.144. The van der Waals surface area contributed by atoms with Crippen LogP contribution in [0.1, 0.15) is 11.5 Å². The van der Waals surface area contributed by atoms with E-state index >= 15 is 0 Å². The Morgan fingerprint density at radius 1 is 1.07 bits per heavy atom. The van der Waals surface area contributed by atoms with Crippen LogP contribution in [0.25, 0.3) is 0 Å². The molecule has 1 rings (SSSR count). The smallest absolute Gasteiger partial charge is 0.322 e.